The lowest BCUT2D eigenvalue weighted by atomic mass is 10.2. The predicted molar refractivity (Wildman–Crippen MR) is 88.9 cm³/mol. The monoisotopic (exact) mass is 377 g/mol. The number of methoxy groups -OCH3 is 1. The summed E-state index contributed by atoms with van der Waals surface area (Å²) >= 11 is 5.09. The summed E-state index contributed by atoms with van der Waals surface area (Å²) in [5.41, 5.74) is 0.291. The predicted octanol–water partition coefficient (Wildman–Crippen LogP) is 2.12. The van der Waals surface area contributed by atoms with Gasteiger partial charge in [0.15, 0.2) is 0 Å². The number of ether oxygens (including phenoxy) is 1. The van der Waals surface area contributed by atoms with Crippen LogP contribution in [0.4, 0.5) is 5.69 Å². The van der Waals surface area contributed by atoms with Crippen molar-refractivity contribution >= 4 is 39.3 Å². The molecule has 8 heteroatoms. The molecule has 0 spiro atoms. The van der Waals surface area contributed by atoms with Gasteiger partial charge in [0.05, 0.1) is 19.0 Å². The third-order valence-corrected chi connectivity index (χ3v) is 4.30. The maximum atomic E-state index is 12.0. The molecule has 0 aromatic carbocycles. The summed E-state index contributed by atoms with van der Waals surface area (Å²) in [6, 6.07) is 0. The summed E-state index contributed by atoms with van der Waals surface area (Å²) in [6.45, 7) is 0.595. The van der Waals surface area contributed by atoms with E-state index in [0.29, 0.717) is 10.2 Å². The fourth-order valence-electron chi connectivity index (χ4n) is 1.66. The molecule has 1 aromatic rings. The van der Waals surface area contributed by atoms with E-state index in [1.165, 1.54) is 25.5 Å². The van der Waals surface area contributed by atoms with Gasteiger partial charge in [-0.15, -0.1) is 0 Å². The van der Waals surface area contributed by atoms with Crippen molar-refractivity contribution in [2.75, 3.05) is 31.0 Å². The van der Waals surface area contributed by atoms with Crippen molar-refractivity contribution in [3.63, 3.8) is 0 Å². The standard InChI is InChI=1S/C13H20BrN3O3S/c1-20-11(18)9-17-13(19)12(14)10(8-16-17)15-6-4-3-5-7-21-2/h8,15H,3-7,9H2,1-2H3. The van der Waals surface area contributed by atoms with Crippen molar-refractivity contribution in [1.82, 2.24) is 9.78 Å². The third-order valence-electron chi connectivity index (χ3n) is 2.83. The number of aromatic nitrogens is 2. The molecular formula is C13H20BrN3O3S. The minimum Gasteiger partial charge on any atom is -0.468 e. The average Bonchev–Trinajstić information content (AvgIpc) is 2.49. The largest absolute Gasteiger partial charge is 0.468 e. The van der Waals surface area contributed by atoms with Crippen LogP contribution in [0.2, 0.25) is 0 Å². The number of unbranched alkanes of at least 4 members (excludes halogenated alkanes) is 2. The fourth-order valence-corrected chi connectivity index (χ4v) is 2.60. The molecular weight excluding hydrogens is 358 g/mol. The molecule has 0 radical (unpaired) electrons. The first-order valence-corrected chi connectivity index (χ1v) is 8.84. The van der Waals surface area contributed by atoms with Gasteiger partial charge in [0.25, 0.3) is 5.56 Å². The number of halogens is 1. The molecule has 6 nitrogen and oxygen atoms in total. The molecule has 0 aliphatic carbocycles. The number of nitrogens with zero attached hydrogens (tertiary/aromatic N) is 2. The number of nitrogens with one attached hydrogen (secondary N) is 1. The molecule has 0 unspecified atom stereocenters. The van der Waals surface area contributed by atoms with Gasteiger partial charge in [-0.25, -0.2) is 4.68 Å². The van der Waals surface area contributed by atoms with Crippen LogP contribution < -0.4 is 10.9 Å². The fraction of sp³-hybridized carbons (Fsp3) is 0.615. The second kappa shape index (κ2) is 9.83. The van der Waals surface area contributed by atoms with E-state index in [0.717, 1.165) is 24.1 Å². The Kier molecular flexibility index (Phi) is 8.44. The zero-order valence-corrected chi connectivity index (χ0v) is 14.6. The number of carbonyl (C=O) groups excluding carboxylic acids is 1. The van der Waals surface area contributed by atoms with Crippen molar-refractivity contribution in [2.45, 2.75) is 25.8 Å². The van der Waals surface area contributed by atoms with Crippen LogP contribution in [0.25, 0.3) is 0 Å². The van der Waals surface area contributed by atoms with Gasteiger partial charge in [0.1, 0.15) is 11.0 Å². The van der Waals surface area contributed by atoms with Crippen molar-refractivity contribution in [3.8, 4) is 0 Å². The van der Waals surface area contributed by atoms with Crippen molar-refractivity contribution in [1.29, 1.82) is 0 Å². The molecule has 0 saturated carbocycles. The Hall–Kier alpha value is -1.02. The van der Waals surface area contributed by atoms with Crippen molar-refractivity contribution in [2.24, 2.45) is 0 Å². The first-order valence-electron chi connectivity index (χ1n) is 6.65. The van der Waals surface area contributed by atoms with Gasteiger partial charge in [-0.1, -0.05) is 6.42 Å². The van der Waals surface area contributed by atoms with Crippen LogP contribution in [0, 0.1) is 0 Å². The van der Waals surface area contributed by atoms with Gasteiger partial charge in [0.2, 0.25) is 0 Å². The summed E-state index contributed by atoms with van der Waals surface area (Å²) in [5.74, 6) is 0.667. The molecule has 0 aliphatic heterocycles. The van der Waals surface area contributed by atoms with Crippen molar-refractivity contribution < 1.29 is 9.53 Å². The Balaban J connectivity index is 2.55. The Morgan fingerprint density at radius 1 is 1.48 bits per heavy atom. The second-order valence-corrected chi connectivity index (χ2v) is 6.17. The summed E-state index contributed by atoms with van der Waals surface area (Å²) in [4.78, 5) is 23.2. The number of thioether (sulfide) groups is 1. The molecule has 0 saturated heterocycles. The zero-order chi connectivity index (χ0) is 15.7. The molecule has 21 heavy (non-hydrogen) atoms. The second-order valence-electron chi connectivity index (χ2n) is 4.39. The van der Waals surface area contributed by atoms with Gasteiger partial charge in [0, 0.05) is 6.54 Å². The Labute approximate surface area is 136 Å². The topological polar surface area (TPSA) is 73.2 Å². The third kappa shape index (κ3) is 6.09. The van der Waals surface area contributed by atoms with E-state index in [9.17, 15) is 9.59 Å². The van der Waals surface area contributed by atoms with Gasteiger partial charge in [-0.3, -0.25) is 9.59 Å². The molecule has 0 bridgehead atoms. The van der Waals surface area contributed by atoms with Crippen LogP contribution in [-0.2, 0) is 16.1 Å². The molecule has 1 aromatic heterocycles. The van der Waals surface area contributed by atoms with E-state index in [2.05, 4.69) is 37.3 Å². The summed E-state index contributed by atoms with van der Waals surface area (Å²) in [5, 5.41) is 7.14. The lowest BCUT2D eigenvalue weighted by Gasteiger charge is -2.09. The van der Waals surface area contributed by atoms with E-state index in [-0.39, 0.29) is 12.1 Å². The maximum absolute atomic E-state index is 12.0. The maximum Gasteiger partial charge on any atom is 0.327 e. The van der Waals surface area contributed by atoms with Gasteiger partial charge >= 0.3 is 5.97 Å². The molecule has 118 valence electrons. The van der Waals surface area contributed by atoms with E-state index in [1.54, 1.807) is 0 Å². The highest BCUT2D eigenvalue weighted by Crippen LogP contribution is 2.16. The highest BCUT2D eigenvalue weighted by Gasteiger charge is 2.11. The Morgan fingerprint density at radius 2 is 2.24 bits per heavy atom. The molecule has 1 N–H and O–H groups in total. The van der Waals surface area contributed by atoms with E-state index in [1.807, 2.05) is 11.8 Å². The van der Waals surface area contributed by atoms with E-state index >= 15 is 0 Å². The normalized spacial score (nSPS) is 10.4. The molecule has 1 rings (SSSR count). The number of hydrogen-bond donors (Lipinski definition) is 1. The number of esters is 1. The minimum absolute atomic E-state index is 0.192. The van der Waals surface area contributed by atoms with Gasteiger partial charge in [-0.05, 0) is 40.8 Å². The number of rotatable bonds is 9. The highest BCUT2D eigenvalue weighted by molar-refractivity contribution is 9.10. The quantitative estimate of drug-likeness (QED) is 0.524. The van der Waals surface area contributed by atoms with Crippen LogP contribution in [0.1, 0.15) is 19.3 Å². The summed E-state index contributed by atoms with van der Waals surface area (Å²) in [6.07, 6.45) is 7.03. The SMILES string of the molecule is COC(=O)Cn1ncc(NCCCCCSC)c(Br)c1=O. The molecule has 0 amide bonds. The molecule has 0 fully saturated rings. The van der Waals surface area contributed by atoms with Crippen LogP contribution in [-0.4, -0.2) is 41.4 Å². The first-order chi connectivity index (χ1) is 10.1. The summed E-state index contributed by atoms with van der Waals surface area (Å²) in [7, 11) is 1.27. The number of carbonyl (C=O) groups is 1. The smallest absolute Gasteiger partial charge is 0.327 e. The zero-order valence-electron chi connectivity index (χ0n) is 12.2. The van der Waals surface area contributed by atoms with Crippen molar-refractivity contribution in [3.05, 3.63) is 21.0 Å². The molecule has 0 aliphatic rings. The molecule has 1 heterocycles. The van der Waals surface area contributed by atoms with E-state index < -0.39 is 5.97 Å². The number of hydrogen-bond acceptors (Lipinski definition) is 6. The number of anilines is 1. The average molecular weight is 378 g/mol. The lowest BCUT2D eigenvalue weighted by molar-refractivity contribution is -0.141. The minimum atomic E-state index is -0.508. The van der Waals surface area contributed by atoms with Crippen LogP contribution >= 0.6 is 27.7 Å². The van der Waals surface area contributed by atoms with Crippen LogP contribution in [0.3, 0.4) is 0 Å². The Bertz CT molecular complexity index is 522. The van der Waals surface area contributed by atoms with Gasteiger partial charge in [-0.2, -0.15) is 16.9 Å². The van der Waals surface area contributed by atoms with Crippen LogP contribution in [0.15, 0.2) is 15.5 Å². The highest BCUT2D eigenvalue weighted by atomic mass is 79.9. The van der Waals surface area contributed by atoms with Crippen LogP contribution in [0.5, 0.6) is 0 Å². The lowest BCUT2D eigenvalue weighted by Crippen LogP contribution is -2.28. The first kappa shape index (κ1) is 18.0. The molecule has 0 atom stereocenters. The van der Waals surface area contributed by atoms with E-state index in [4.69, 9.17) is 0 Å². The summed E-state index contributed by atoms with van der Waals surface area (Å²) < 4.78 is 5.97. The Morgan fingerprint density at radius 3 is 2.90 bits per heavy atom. The van der Waals surface area contributed by atoms with Gasteiger partial charge < -0.3 is 10.1 Å².